The number of allylic oxidation sites excluding steroid dienone is 1. The minimum atomic E-state index is -5.26. The number of esters is 1. The lowest BCUT2D eigenvalue weighted by Gasteiger charge is -2.36. The molecule has 0 atom stereocenters. The molecule has 0 amide bonds. The molecule has 1 aliphatic rings. The monoisotopic (exact) mass is 400 g/mol. The van der Waals surface area contributed by atoms with Crippen molar-refractivity contribution in [3.63, 3.8) is 0 Å². The van der Waals surface area contributed by atoms with Gasteiger partial charge in [-0.05, 0) is 37.6 Å². The van der Waals surface area contributed by atoms with E-state index in [4.69, 9.17) is 0 Å². The maximum absolute atomic E-state index is 14.4. The van der Waals surface area contributed by atoms with Crippen LogP contribution in [0.15, 0.2) is 39.9 Å². The first-order valence-electron chi connectivity index (χ1n) is 7.74. The van der Waals surface area contributed by atoms with Gasteiger partial charge in [-0.2, -0.15) is 22.8 Å². The van der Waals surface area contributed by atoms with E-state index >= 15 is 0 Å². The molecule has 4 nitrogen and oxygen atoms in total. The lowest BCUT2D eigenvalue weighted by molar-refractivity contribution is -0.148. The van der Waals surface area contributed by atoms with Crippen molar-refractivity contribution in [2.45, 2.75) is 32.0 Å². The second kappa shape index (κ2) is 7.64. The average molecular weight is 400 g/mol. The second-order valence-corrected chi connectivity index (χ2v) is 7.37. The Morgan fingerprint density at radius 3 is 2.52 bits per heavy atom. The number of thioether (sulfide) groups is 1. The Bertz CT molecular complexity index is 867. The zero-order valence-electron chi connectivity index (χ0n) is 14.7. The van der Waals surface area contributed by atoms with Gasteiger partial charge in [-0.3, -0.25) is 0 Å². The van der Waals surface area contributed by atoms with Gasteiger partial charge < -0.3 is 10.1 Å². The number of hydrogen-bond acceptors (Lipinski definition) is 5. The molecule has 1 N–H and O–H groups in total. The normalized spacial score (nSPS) is 18.4. The Morgan fingerprint density at radius 1 is 1.33 bits per heavy atom. The van der Waals surface area contributed by atoms with Crippen LogP contribution in [0.3, 0.4) is 0 Å². The van der Waals surface area contributed by atoms with Gasteiger partial charge in [-0.1, -0.05) is 24.3 Å². The van der Waals surface area contributed by atoms with E-state index in [1.54, 1.807) is 24.3 Å². The quantitative estimate of drug-likeness (QED) is 0.352. The Hall–Kier alpha value is -2.47. The predicted octanol–water partition coefficient (Wildman–Crippen LogP) is 4.45. The zero-order chi connectivity index (χ0) is 20.4. The van der Waals surface area contributed by atoms with E-state index in [1.165, 1.54) is 0 Å². The number of carbonyl (C=O) groups excluding carboxylic acids is 1. The van der Waals surface area contributed by atoms with E-state index in [1.807, 2.05) is 19.9 Å². The molecule has 0 aliphatic carbocycles. The number of benzene rings is 1. The Labute approximate surface area is 157 Å². The molecule has 0 aromatic heterocycles. The highest BCUT2D eigenvalue weighted by Gasteiger charge is 2.44. The summed E-state index contributed by atoms with van der Waals surface area (Å²) in [6.45, 7) is 3.70. The van der Waals surface area contributed by atoms with Crippen LogP contribution in [0.4, 0.5) is 17.6 Å². The van der Waals surface area contributed by atoms with Crippen LogP contribution in [0.2, 0.25) is 0 Å². The fraction of sp³-hybridized carbons (Fsp3) is 0.333. The Morgan fingerprint density at radius 2 is 1.96 bits per heavy atom. The van der Waals surface area contributed by atoms with Crippen LogP contribution in [0.25, 0.3) is 5.70 Å². The summed E-state index contributed by atoms with van der Waals surface area (Å²) in [4.78, 5) is 11.1. The van der Waals surface area contributed by atoms with Gasteiger partial charge in [0, 0.05) is 11.1 Å². The molecule has 27 heavy (non-hydrogen) atoms. The van der Waals surface area contributed by atoms with Gasteiger partial charge in [0.15, 0.2) is 10.7 Å². The molecule has 2 rings (SSSR count). The number of rotatable bonds is 3. The number of carbonyl (C=O) groups is 1. The van der Waals surface area contributed by atoms with Gasteiger partial charge >= 0.3 is 12.1 Å². The van der Waals surface area contributed by atoms with Gasteiger partial charge in [-0.25, -0.2) is 4.79 Å². The molecule has 0 saturated heterocycles. The molecular weight excluding hydrogens is 384 g/mol. The first-order chi connectivity index (χ1) is 12.5. The lowest BCUT2D eigenvalue weighted by atomic mass is 9.86. The van der Waals surface area contributed by atoms with Crippen LogP contribution in [-0.2, 0) is 16.0 Å². The minimum Gasteiger partial charge on any atom is -0.465 e. The van der Waals surface area contributed by atoms with Gasteiger partial charge in [0.25, 0.3) is 0 Å². The minimum absolute atomic E-state index is 0.0576. The summed E-state index contributed by atoms with van der Waals surface area (Å²) in [5.41, 5.74) is -0.886. The molecule has 0 bridgehead atoms. The SMILES string of the molecule is COC(=O)C(=C(F)SC(C#N)=C1NC(C)(C)Cc2ccccc21)C(F)(F)F. The molecule has 144 valence electrons. The van der Waals surface area contributed by atoms with Gasteiger partial charge in [0.1, 0.15) is 11.0 Å². The van der Waals surface area contributed by atoms with Crippen molar-refractivity contribution in [1.29, 1.82) is 5.26 Å². The zero-order valence-corrected chi connectivity index (χ0v) is 15.5. The highest BCUT2D eigenvalue weighted by Crippen LogP contribution is 2.41. The van der Waals surface area contributed by atoms with Crippen molar-refractivity contribution in [2.24, 2.45) is 0 Å². The molecule has 0 radical (unpaired) electrons. The summed E-state index contributed by atoms with van der Waals surface area (Å²) in [6.07, 6.45) is -4.64. The number of fused-ring (bicyclic) bond motifs is 1. The van der Waals surface area contributed by atoms with Crippen LogP contribution in [0, 0.1) is 11.3 Å². The summed E-state index contributed by atoms with van der Waals surface area (Å²) in [5, 5.41) is 10.7. The topological polar surface area (TPSA) is 62.1 Å². The van der Waals surface area contributed by atoms with Crippen LogP contribution in [-0.4, -0.2) is 24.8 Å². The fourth-order valence-electron chi connectivity index (χ4n) is 2.70. The highest BCUT2D eigenvalue weighted by molar-refractivity contribution is 8.07. The van der Waals surface area contributed by atoms with Crippen molar-refractivity contribution in [3.05, 3.63) is 51.0 Å². The number of nitrogens with zero attached hydrogens (tertiary/aromatic N) is 1. The molecule has 0 saturated carbocycles. The average Bonchev–Trinajstić information content (AvgIpc) is 2.56. The fourth-order valence-corrected chi connectivity index (χ4v) is 3.49. The third kappa shape index (κ3) is 4.63. The van der Waals surface area contributed by atoms with E-state index in [-0.39, 0.29) is 22.4 Å². The molecular formula is C18H16F4N2O2S. The summed E-state index contributed by atoms with van der Waals surface area (Å²) < 4.78 is 57.5. The van der Waals surface area contributed by atoms with Crippen molar-refractivity contribution in [1.82, 2.24) is 5.32 Å². The Kier molecular flexibility index (Phi) is 5.90. The second-order valence-electron chi connectivity index (χ2n) is 6.40. The molecule has 0 spiro atoms. The summed E-state index contributed by atoms with van der Waals surface area (Å²) in [7, 11) is 0.719. The molecule has 0 unspecified atom stereocenters. The smallest absolute Gasteiger partial charge is 0.426 e. The standard InChI is InChI=1S/C18H16F4N2O2S/c1-17(2)8-10-6-4-5-7-11(10)14(24-17)12(9-23)27-15(19)13(16(25)26-3)18(20,21)22/h4-7,24H,8H2,1-3H3. The van der Waals surface area contributed by atoms with Gasteiger partial charge in [0.2, 0.25) is 0 Å². The van der Waals surface area contributed by atoms with Crippen LogP contribution < -0.4 is 5.32 Å². The van der Waals surface area contributed by atoms with E-state index in [9.17, 15) is 27.6 Å². The van der Waals surface area contributed by atoms with E-state index < -0.39 is 28.4 Å². The third-order valence-electron chi connectivity index (χ3n) is 3.77. The number of halogens is 4. The summed E-state index contributed by atoms with van der Waals surface area (Å²) in [5.74, 6) is -1.85. The van der Waals surface area contributed by atoms with Crippen molar-refractivity contribution in [3.8, 4) is 6.07 Å². The molecule has 1 aromatic carbocycles. The first-order valence-corrected chi connectivity index (χ1v) is 8.56. The molecule has 1 heterocycles. The molecule has 0 fully saturated rings. The number of nitriles is 1. The number of ether oxygens (including phenoxy) is 1. The van der Waals surface area contributed by atoms with Crippen molar-refractivity contribution >= 4 is 23.4 Å². The maximum Gasteiger partial charge on any atom is 0.426 e. The number of alkyl halides is 3. The predicted molar refractivity (Wildman–Crippen MR) is 93.7 cm³/mol. The summed E-state index contributed by atoms with van der Waals surface area (Å²) in [6, 6.07) is 8.77. The first kappa shape index (κ1) is 20.8. The number of nitrogens with one attached hydrogen (secondary N) is 1. The number of hydrogen-bond donors (Lipinski definition) is 1. The van der Waals surface area contributed by atoms with Crippen LogP contribution in [0.5, 0.6) is 0 Å². The molecule has 1 aliphatic heterocycles. The lowest BCUT2D eigenvalue weighted by Crippen LogP contribution is -2.44. The summed E-state index contributed by atoms with van der Waals surface area (Å²) >= 11 is -0.0576. The maximum atomic E-state index is 14.4. The van der Waals surface area contributed by atoms with E-state index in [0.29, 0.717) is 12.0 Å². The Balaban J connectivity index is 2.61. The number of methoxy groups -OCH3 is 1. The third-order valence-corrected chi connectivity index (χ3v) is 4.66. The largest absolute Gasteiger partial charge is 0.465 e. The van der Waals surface area contributed by atoms with E-state index in [2.05, 4.69) is 10.1 Å². The van der Waals surface area contributed by atoms with Gasteiger partial charge in [0.05, 0.1) is 12.8 Å². The van der Waals surface area contributed by atoms with Crippen molar-refractivity contribution in [2.75, 3.05) is 7.11 Å². The van der Waals surface area contributed by atoms with E-state index in [0.717, 1.165) is 12.7 Å². The molecule has 1 aromatic rings. The van der Waals surface area contributed by atoms with Crippen LogP contribution in [0.1, 0.15) is 25.0 Å². The van der Waals surface area contributed by atoms with Gasteiger partial charge in [-0.15, -0.1) is 0 Å². The highest BCUT2D eigenvalue weighted by atomic mass is 32.2. The molecule has 9 heteroatoms. The van der Waals surface area contributed by atoms with Crippen molar-refractivity contribution < 1.29 is 27.1 Å². The van der Waals surface area contributed by atoms with Crippen LogP contribution >= 0.6 is 11.8 Å².